The fourth-order valence-corrected chi connectivity index (χ4v) is 3.66. The monoisotopic (exact) mass is 423 g/mol. The third kappa shape index (κ3) is 3.45. The highest BCUT2D eigenvalue weighted by atomic mass is 16.8. The number of hydrogen-bond donors (Lipinski definition) is 2. The summed E-state index contributed by atoms with van der Waals surface area (Å²) in [5.74, 6) is -1.59. The summed E-state index contributed by atoms with van der Waals surface area (Å²) in [6.45, 7) is 2.96. The van der Waals surface area contributed by atoms with Crippen LogP contribution in [0, 0.1) is 0 Å². The normalized spacial score (nSPS) is 27.2. The fraction of sp³-hybridized carbons (Fsp3) is 0.588. The number of methoxy groups -OCH3 is 1. The lowest BCUT2D eigenvalue weighted by molar-refractivity contribution is -0.200. The van der Waals surface area contributed by atoms with Crippen molar-refractivity contribution >= 4 is 5.97 Å². The Kier molecular flexibility index (Phi) is 5.05. The van der Waals surface area contributed by atoms with Crippen LogP contribution in [0.1, 0.15) is 36.1 Å². The average molecular weight is 423 g/mol. The largest absolute Gasteiger partial charge is 0.464 e. The van der Waals surface area contributed by atoms with E-state index >= 15 is 0 Å². The average Bonchev–Trinajstić information content (AvgIpc) is 3.36. The van der Waals surface area contributed by atoms with Crippen LogP contribution in [0.15, 0.2) is 22.0 Å². The van der Waals surface area contributed by atoms with Crippen LogP contribution in [-0.2, 0) is 25.5 Å². The molecule has 2 aliphatic rings. The molecule has 13 heteroatoms. The zero-order chi connectivity index (χ0) is 21.6. The smallest absolute Gasteiger partial charge is 0.358 e. The maximum atomic E-state index is 12.5. The number of carbonyl (C=O) groups excluding carboxylic acids is 1. The molecule has 4 rings (SSSR count). The second-order valence-electron chi connectivity index (χ2n) is 7.40. The molecule has 0 spiro atoms. The van der Waals surface area contributed by atoms with Crippen molar-refractivity contribution < 1.29 is 28.8 Å². The molecule has 13 nitrogen and oxygen atoms in total. The molecular weight excluding hydrogens is 402 g/mol. The van der Waals surface area contributed by atoms with Crippen LogP contribution < -0.4 is 11.2 Å². The van der Waals surface area contributed by atoms with Gasteiger partial charge in [0, 0.05) is 6.20 Å². The summed E-state index contributed by atoms with van der Waals surface area (Å²) in [5.41, 5.74) is -1.21. The van der Waals surface area contributed by atoms with Crippen molar-refractivity contribution in [1.29, 1.82) is 0 Å². The number of ether oxygens (including phenoxy) is 4. The number of carbonyl (C=O) groups is 1. The van der Waals surface area contributed by atoms with Gasteiger partial charge in [-0.3, -0.25) is 14.3 Å². The van der Waals surface area contributed by atoms with Gasteiger partial charge < -0.3 is 24.1 Å². The first-order valence-corrected chi connectivity index (χ1v) is 9.17. The summed E-state index contributed by atoms with van der Waals surface area (Å²) >= 11 is 0. The van der Waals surface area contributed by atoms with Crippen molar-refractivity contribution in [3.05, 3.63) is 44.5 Å². The number of nitrogens with zero attached hydrogens (tertiary/aromatic N) is 4. The van der Waals surface area contributed by atoms with E-state index in [1.165, 1.54) is 28.8 Å². The molecule has 2 fully saturated rings. The Morgan fingerprint density at radius 1 is 1.33 bits per heavy atom. The summed E-state index contributed by atoms with van der Waals surface area (Å²) in [4.78, 5) is 38.9. The number of aliphatic hydroxyl groups is 1. The lowest BCUT2D eigenvalue weighted by atomic mass is 10.1. The molecule has 2 aromatic heterocycles. The molecular formula is C17H21N5O8. The third-order valence-corrected chi connectivity index (χ3v) is 4.95. The standard InChI is InChI=1S/C17H21N5O8/c1-17(2)29-11-10(7-23)28-14(12(11)30-17)21-5-8(13(24)19-16(21)26)6-22-9(4-18-20-22)15(25)27-3/h4-5,10-12,14,23H,6-7H2,1-3H3,(H,19,24,26)/t10-,11-,12-,14-/m1/s1. The number of fused-ring (bicyclic) bond motifs is 1. The number of H-pyrrole nitrogens is 1. The van der Waals surface area contributed by atoms with Crippen molar-refractivity contribution in [2.24, 2.45) is 0 Å². The number of aliphatic hydroxyl groups excluding tert-OH is 1. The SMILES string of the molecule is COC(=O)c1cnnn1Cc1cn([C@@H]2O[C@H](CO)[C@H]3OC(C)(C)O[C@H]32)c(=O)[nH]c1=O. The minimum absolute atomic E-state index is 0.0430. The topological polar surface area (TPSA) is 160 Å². The lowest BCUT2D eigenvalue weighted by Gasteiger charge is -2.24. The van der Waals surface area contributed by atoms with E-state index in [1.54, 1.807) is 13.8 Å². The van der Waals surface area contributed by atoms with E-state index < -0.39 is 47.5 Å². The Hall–Kier alpha value is -2.87. The summed E-state index contributed by atoms with van der Waals surface area (Å²) in [6.07, 6.45) is -0.388. The number of aromatic amines is 1. The van der Waals surface area contributed by atoms with Gasteiger partial charge in [0.05, 0.1) is 32.0 Å². The van der Waals surface area contributed by atoms with Crippen molar-refractivity contribution in [2.75, 3.05) is 13.7 Å². The fourth-order valence-electron chi connectivity index (χ4n) is 3.66. The molecule has 0 saturated carbocycles. The highest BCUT2D eigenvalue weighted by Gasteiger charge is 2.55. The zero-order valence-electron chi connectivity index (χ0n) is 16.5. The Morgan fingerprint density at radius 2 is 2.07 bits per heavy atom. The molecule has 0 radical (unpaired) electrons. The quantitative estimate of drug-likeness (QED) is 0.535. The maximum absolute atomic E-state index is 12.5. The molecule has 2 aliphatic heterocycles. The Balaban J connectivity index is 1.69. The van der Waals surface area contributed by atoms with Gasteiger partial charge in [-0.2, -0.15) is 0 Å². The van der Waals surface area contributed by atoms with Crippen LogP contribution in [0.5, 0.6) is 0 Å². The Labute approximate surface area is 169 Å². The van der Waals surface area contributed by atoms with Gasteiger partial charge in [-0.15, -0.1) is 5.10 Å². The van der Waals surface area contributed by atoms with Crippen LogP contribution >= 0.6 is 0 Å². The van der Waals surface area contributed by atoms with Crippen LogP contribution in [0.4, 0.5) is 0 Å². The first kappa shape index (κ1) is 20.4. The molecule has 4 atom stereocenters. The number of rotatable bonds is 5. The number of aromatic nitrogens is 5. The zero-order valence-corrected chi connectivity index (χ0v) is 16.5. The van der Waals surface area contributed by atoms with E-state index in [-0.39, 0.29) is 24.4 Å². The van der Waals surface area contributed by atoms with Gasteiger partial charge >= 0.3 is 11.7 Å². The molecule has 2 aromatic rings. The van der Waals surface area contributed by atoms with E-state index in [9.17, 15) is 19.5 Å². The molecule has 2 N–H and O–H groups in total. The summed E-state index contributed by atoms with van der Waals surface area (Å²) in [7, 11) is 1.21. The first-order chi connectivity index (χ1) is 14.2. The van der Waals surface area contributed by atoms with E-state index in [0.717, 1.165) is 0 Å². The first-order valence-electron chi connectivity index (χ1n) is 9.17. The number of hydrogen-bond acceptors (Lipinski definition) is 10. The maximum Gasteiger partial charge on any atom is 0.358 e. The lowest BCUT2D eigenvalue weighted by Crippen LogP contribution is -2.39. The van der Waals surface area contributed by atoms with Gasteiger partial charge in [-0.05, 0) is 13.8 Å². The van der Waals surface area contributed by atoms with Crippen LogP contribution in [0.2, 0.25) is 0 Å². The van der Waals surface area contributed by atoms with Crippen molar-refractivity contribution in [3.63, 3.8) is 0 Å². The van der Waals surface area contributed by atoms with Gasteiger partial charge in [0.2, 0.25) is 0 Å². The minimum atomic E-state index is -0.937. The highest BCUT2D eigenvalue weighted by Crippen LogP contribution is 2.42. The number of nitrogens with one attached hydrogen (secondary N) is 1. The van der Waals surface area contributed by atoms with E-state index in [2.05, 4.69) is 20.0 Å². The molecule has 162 valence electrons. The molecule has 4 heterocycles. The molecule has 0 amide bonds. The van der Waals surface area contributed by atoms with Gasteiger partial charge in [0.1, 0.15) is 18.3 Å². The van der Waals surface area contributed by atoms with Gasteiger partial charge in [-0.1, -0.05) is 5.21 Å². The highest BCUT2D eigenvalue weighted by molar-refractivity contribution is 5.86. The summed E-state index contributed by atoms with van der Waals surface area (Å²) in [6, 6.07) is 0. The molecule has 30 heavy (non-hydrogen) atoms. The van der Waals surface area contributed by atoms with Gasteiger partial charge in [0.15, 0.2) is 17.7 Å². The van der Waals surface area contributed by atoms with Gasteiger partial charge in [0.25, 0.3) is 5.56 Å². The van der Waals surface area contributed by atoms with Crippen LogP contribution in [0.3, 0.4) is 0 Å². The summed E-state index contributed by atoms with van der Waals surface area (Å²) < 4.78 is 24.5. The van der Waals surface area contributed by atoms with Crippen LogP contribution in [-0.4, -0.2) is 73.4 Å². The predicted molar refractivity (Wildman–Crippen MR) is 96.6 cm³/mol. The molecule has 2 saturated heterocycles. The van der Waals surface area contributed by atoms with E-state index in [4.69, 9.17) is 14.2 Å². The second kappa shape index (κ2) is 7.43. The third-order valence-electron chi connectivity index (χ3n) is 4.95. The molecule has 0 aliphatic carbocycles. The van der Waals surface area contributed by atoms with Crippen molar-refractivity contribution in [1.82, 2.24) is 24.5 Å². The van der Waals surface area contributed by atoms with Crippen LogP contribution in [0.25, 0.3) is 0 Å². The minimum Gasteiger partial charge on any atom is -0.464 e. The summed E-state index contributed by atoms with van der Waals surface area (Å²) in [5, 5.41) is 17.1. The number of esters is 1. The Morgan fingerprint density at radius 3 is 2.77 bits per heavy atom. The van der Waals surface area contributed by atoms with E-state index in [1.807, 2.05) is 0 Å². The van der Waals surface area contributed by atoms with E-state index in [0.29, 0.717) is 0 Å². The Bertz CT molecular complexity index is 1070. The van der Waals surface area contributed by atoms with Gasteiger partial charge in [-0.25, -0.2) is 14.3 Å². The predicted octanol–water partition coefficient (Wildman–Crippen LogP) is -1.63. The molecule has 0 aromatic carbocycles. The molecule has 0 unspecified atom stereocenters. The van der Waals surface area contributed by atoms with Crippen molar-refractivity contribution in [2.45, 2.75) is 50.7 Å². The molecule has 0 bridgehead atoms. The second-order valence-corrected chi connectivity index (χ2v) is 7.40. The van der Waals surface area contributed by atoms with Crippen molar-refractivity contribution in [3.8, 4) is 0 Å².